The number of carbonyl (C=O) groups excluding carboxylic acids is 1. The second kappa shape index (κ2) is 9.81. The van der Waals surface area contributed by atoms with Crippen LogP contribution in [0.15, 0.2) is 66.2 Å². The van der Waals surface area contributed by atoms with Crippen LogP contribution < -0.4 is 15.5 Å². The number of hydrogen-bond acceptors (Lipinski definition) is 6. The number of nitrogens with one attached hydrogen (secondary N) is 2. The van der Waals surface area contributed by atoms with Crippen molar-refractivity contribution in [1.82, 2.24) is 15.3 Å². The van der Waals surface area contributed by atoms with Crippen molar-refractivity contribution in [2.24, 2.45) is 0 Å². The molecule has 2 N–H and O–H groups in total. The number of rotatable bonds is 6. The molecule has 1 aliphatic rings. The number of carbonyl (C=O) groups is 1. The first kappa shape index (κ1) is 22.3. The molecule has 4 aromatic rings. The first-order valence-corrected chi connectivity index (χ1v) is 12.6. The zero-order chi connectivity index (χ0) is 23.5. The number of aromatic nitrogens is 2. The molecular weight excluding hydrogens is 442 g/mol. The van der Waals surface area contributed by atoms with Crippen LogP contribution in [0, 0.1) is 0 Å². The molecule has 1 aliphatic carbocycles. The summed E-state index contributed by atoms with van der Waals surface area (Å²) in [5.74, 6) is 0.866. The van der Waals surface area contributed by atoms with E-state index in [1.807, 2.05) is 35.7 Å². The van der Waals surface area contributed by atoms with E-state index in [4.69, 9.17) is 4.98 Å². The van der Waals surface area contributed by atoms with Crippen LogP contribution in [-0.4, -0.2) is 42.1 Å². The van der Waals surface area contributed by atoms with Gasteiger partial charge in [-0.15, -0.1) is 11.3 Å². The Balaban J connectivity index is 1.22. The van der Waals surface area contributed by atoms with Crippen molar-refractivity contribution in [2.75, 3.05) is 24.3 Å². The maximum absolute atomic E-state index is 13.1. The summed E-state index contributed by atoms with van der Waals surface area (Å²) in [6.07, 6.45) is 5.59. The molecule has 1 amide bonds. The summed E-state index contributed by atoms with van der Waals surface area (Å²) in [7, 11) is 4.12. The highest BCUT2D eigenvalue weighted by molar-refractivity contribution is 7.13. The van der Waals surface area contributed by atoms with E-state index in [1.165, 1.54) is 0 Å². The summed E-state index contributed by atoms with van der Waals surface area (Å²) in [5.41, 5.74) is 3.55. The smallest absolute Gasteiger partial charge is 0.253 e. The molecule has 1 saturated carbocycles. The van der Waals surface area contributed by atoms with Gasteiger partial charge >= 0.3 is 0 Å². The molecule has 0 unspecified atom stereocenters. The van der Waals surface area contributed by atoms with E-state index >= 15 is 0 Å². The van der Waals surface area contributed by atoms with Crippen LogP contribution in [0.2, 0.25) is 0 Å². The maximum Gasteiger partial charge on any atom is 0.253 e. The lowest BCUT2D eigenvalue weighted by Crippen LogP contribution is -2.40. The fourth-order valence-corrected chi connectivity index (χ4v) is 5.39. The molecule has 6 nitrogen and oxygen atoms in total. The Hall–Kier alpha value is -3.45. The third-order valence-corrected chi connectivity index (χ3v) is 7.27. The van der Waals surface area contributed by atoms with E-state index < -0.39 is 0 Å². The van der Waals surface area contributed by atoms with Crippen LogP contribution >= 0.6 is 11.3 Å². The van der Waals surface area contributed by atoms with Gasteiger partial charge in [-0.3, -0.25) is 9.78 Å². The molecule has 0 radical (unpaired) electrons. The van der Waals surface area contributed by atoms with Crippen LogP contribution in [0.1, 0.15) is 36.0 Å². The topological polar surface area (TPSA) is 70.2 Å². The van der Waals surface area contributed by atoms with Gasteiger partial charge in [0.2, 0.25) is 0 Å². The molecule has 3 aromatic heterocycles. The monoisotopic (exact) mass is 471 g/mol. The van der Waals surface area contributed by atoms with E-state index in [9.17, 15) is 4.79 Å². The molecular formula is C27H29N5OS. The lowest BCUT2D eigenvalue weighted by Gasteiger charge is -2.30. The third-order valence-electron chi connectivity index (χ3n) is 6.40. The van der Waals surface area contributed by atoms with Crippen molar-refractivity contribution in [3.05, 3.63) is 71.7 Å². The summed E-state index contributed by atoms with van der Waals surface area (Å²) in [6, 6.07) is 18.6. The van der Waals surface area contributed by atoms with Gasteiger partial charge in [0.05, 0.1) is 21.7 Å². The van der Waals surface area contributed by atoms with Gasteiger partial charge in [0.25, 0.3) is 5.91 Å². The number of thiophene rings is 1. The van der Waals surface area contributed by atoms with E-state index in [0.29, 0.717) is 11.6 Å². The van der Waals surface area contributed by atoms with E-state index in [-0.39, 0.29) is 11.9 Å². The van der Waals surface area contributed by atoms with Crippen LogP contribution in [0.3, 0.4) is 0 Å². The minimum Gasteiger partial charge on any atom is -0.377 e. The lowest BCUT2D eigenvalue weighted by molar-refractivity contribution is 0.0927. The van der Waals surface area contributed by atoms with E-state index in [0.717, 1.165) is 58.7 Å². The molecule has 1 fully saturated rings. The van der Waals surface area contributed by atoms with E-state index in [1.54, 1.807) is 17.5 Å². The van der Waals surface area contributed by atoms with Gasteiger partial charge in [0.1, 0.15) is 5.82 Å². The molecule has 3 heterocycles. The van der Waals surface area contributed by atoms with Crippen molar-refractivity contribution < 1.29 is 4.79 Å². The van der Waals surface area contributed by atoms with Crippen molar-refractivity contribution in [3.63, 3.8) is 0 Å². The standard InChI is InChI=1S/C27H29N5OS/c1-32(2)23-17-25(31-22-9-4-3-7-20(22)23)29-18-11-13-19(14-12-18)30-27(33)21-8-5-15-28-26(21)24-10-6-16-34-24/h3-10,15-19H,11-14H2,1-2H3,(H,29,31)(H,30,33). The molecule has 34 heavy (non-hydrogen) atoms. The van der Waals surface area contributed by atoms with Crippen molar-refractivity contribution in [3.8, 4) is 10.6 Å². The van der Waals surface area contributed by atoms with Crippen molar-refractivity contribution in [2.45, 2.75) is 37.8 Å². The molecule has 0 bridgehead atoms. The molecule has 7 heteroatoms. The number of hydrogen-bond donors (Lipinski definition) is 2. The highest BCUT2D eigenvalue weighted by Crippen LogP contribution is 2.30. The Morgan fingerprint density at radius 2 is 1.79 bits per heavy atom. The Labute approximate surface area is 204 Å². The van der Waals surface area contributed by atoms with Gasteiger partial charge in [-0.2, -0.15) is 0 Å². The van der Waals surface area contributed by atoms with Crippen LogP contribution in [0.5, 0.6) is 0 Å². The number of para-hydroxylation sites is 1. The maximum atomic E-state index is 13.1. The predicted molar refractivity (Wildman–Crippen MR) is 141 cm³/mol. The molecule has 174 valence electrons. The van der Waals surface area contributed by atoms with Gasteiger partial charge < -0.3 is 15.5 Å². The summed E-state index contributed by atoms with van der Waals surface area (Å²) < 4.78 is 0. The number of benzene rings is 1. The van der Waals surface area contributed by atoms with Gasteiger partial charge in [0, 0.05) is 49.5 Å². The highest BCUT2D eigenvalue weighted by Gasteiger charge is 2.24. The van der Waals surface area contributed by atoms with Gasteiger partial charge in [0.15, 0.2) is 0 Å². The first-order valence-electron chi connectivity index (χ1n) is 11.7. The largest absolute Gasteiger partial charge is 0.377 e. The van der Waals surface area contributed by atoms with Crippen LogP contribution in [0.25, 0.3) is 21.5 Å². The Morgan fingerprint density at radius 3 is 2.56 bits per heavy atom. The molecule has 0 atom stereocenters. The quantitative estimate of drug-likeness (QED) is 0.384. The summed E-state index contributed by atoms with van der Waals surface area (Å²) in [6.45, 7) is 0. The van der Waals surface area contributed by atoms with Gasteiger partial charge in [-0.25, -0.2) is 4.98 Å². The third kappa shape index (κ3) is 4.75. The summed E-state index contributed by atoms with van der Waals surface area (Å²) in [4.78, 5) is 25.5. The van der Waals surface area contributed by atoms with Gasteiger partial charge in [-0.1, -0.05) is 24.3 Å². The fourth-order valence-electron chi connectivity index (χ4n) is 4.65. The average Bonchev–Trinajstić information content (AvgIpc) is 3.39. The second-order valence-electron chi connectivity index (χ2n) is 8.98. The molecule has 0 saturated heterocycles. The minimum absolute atomic E-state index is 0.0419. The second-order valence-corrected chi connectivity index (χ2v) is 9.93. The highest BCUT2D eigenvalue weighted by atomic mass is 32.1. The van der Waals surface area contributed by atoms with Crippen molar-refractivity contribution >= 4 is 39.7 Å². The number of pyridine rings is 2. The Kier molecular flexibility index (Phi) is 6.45. The normalized spacial score (nSPS) is 17.9. The summed E-state index contributed by atoms with van der Waals surface area (Å²) >= 11 is 1.60. The number of nitrogens with zero attached hydrogens (tertiary/aromatic N) is 3. The Bertz CT molecular complexity index is 1280. The number of anilines is 2. The number of fused-ring (bicyclic) bond motifs is 1. The SMILES string of the molecule is CN(C)c1cc(NC2CCC(NC(=O)c3cccnc3-c3cccs3)CC2)nc2ccccc12. The average molecular weight is 472 g/mol. The fraction of sp³-hybridized carbons (Fsp3) is 0.296. The molecule has 0 aliphatic heterocycles. The van der Waals surface area contributed by atoms with Crippen LogP contribution in [0.4, 0.5) is 11.5 Å². The van der Waals surface area contributed by atoms with Gasteiger partial charge in [-0.05, 0) is 55.3 Å². The zero-order valence-corrected chi connectivity index (χ0v) is 20.3. The lowest BCUT2D eigenvalue weighted by atomic mass is 9.91. The zero-order valence-electron chi connectivity index (χ0n) is 19.5. The Morgan fingerprint density at radius 1 is 1.00 bits per heavy atom. The molecule has 1 aromatic carbocycles. The predicted octanol–water partition coefficient (Wildman–Crippen LogP) is 5.58. The minimum atomic E-state index is -0.0419. The van der Waals surface area contributed by atoms with Crippen molar-refractivity contribution in [1.29, 1.82) is 0 Å². The summed E-state index contributed by atoms with van der Waals surface area (Å²) in [5, 5.41) is 10.0. The molecule has 5 rings (SSSR count). The number of amides is 1. The molecule has 0 spiro atoms. The first-order chi connectivity index (χ1) is 16.6. The van der Waals surface area contributed by atoms with E-state index in [2.05, 4.69) is 58.9 Å². The van der Waals surface area contributed by atoms with Crippen LogP contribution in [-0.2, 0) is 0 Å².